The van der Waals surface area contributed by atoms with E-state index < -0.39 is 0 Å². The Kier molecular flexibility index (Phi) is 6.71. The zero-order valence-corrected chi connectivity index (χ0v) is 20.4. The number of aromatic hydroxyl groups is 2. The van der Waals surface area contributed by atoms with Crippen molar-refractivity contribution >= 4 is 5.91 Å². The highest BCUT2D eigenvalue weighted by atomic mass is 16.3. The zero-order chi connectivity index (χ0) is 23.8. The lowest BCUT2D eigenvalue weighted by molar-refractivity contribution is -0.142. The molecule has 2 fully saturated rings. The van der Waals surface area contributed by atoms with Crippen molar-refractivity contribution in [1.29, 1.82) is 0 Å². The fourth-order valence-electron chi connectivity index (χ4n) is 5.81. The van der Waals surface area contributed by atoms with Crippen LogP contribution in [-0.4, -0.2) is 57.6 Å². The number of fused-ring (bicyclic) bond motifs is 1. The molecule has 2 aliphatic heterocycles. The standard InChI is InChI=1S/C28H38N2O3/c1-19(2)26-18-29-16-20(3)28(4,22-6-5-7-25(32)14-22)15-23(29)17-30(26)27(33)13-10-21-8-11-24(31)12-9-21/h5-9,11-12,14,19-20,23,26,31-32H,10,13,15-18H2,1-4H3/t20?,23?,26?,28-/m1/s1. The van der Waals surface area contributed by atoms with Gasteiger partial charge in [0.25, 0.3) is 0 Å². The van der Waals surface area contributed by atoms with Crippen molar-refractivity contribution in [2.75, 3.05) is 19.6 Å². The van der Waals surface area contributed by atoms with Crippen LogP contribution in [0.15, 0.2) is 48.5 Å². The van der Waals surface area contributed by atoms with Crippen LogP contribution in [0.1, 0.15) is 51.7 Å². The van der Waals surface area contributed by atoms with Crippen molar-refractivity contribution in [1.82, 2.24) is 9.80 Å². The van der Waals surface area contributed by atoms with Crippen LogP contribution >= 0.6 is 0 Å². The quantitative estimate of drug-likeness (QED) is 0.701. The maximum atomic E-state index is 13.4. The van der Waals surface area contributed by atoms with Gasteiger partial charge in [0, 0.05) is 38.1 Å². The lowest BCUT2D eigenvalue weighted by Gasteiger charge is -2.56. The van der Waals surface area contributed by atoms with Crippen LogP contribution in [-0.2, 0) is 16.6 Å². The van der Waals surface area contributed by atoms with Crippen LogP contribution in [0.5, 0.6) is 11.5 Å². The fourth-order valence-corrected chi connectivity index (χ4v) is 5.81. The number of piperidine rings is 1. The van der Waals surface area contributed by atoms with E-state index in [-0.39, 0.29) is 23.1 Å². The Hall–Kier alpha value is -2.53. The van der Waals surface area contributed by atoms with E-state index in [1.807, 2.05) is 24.3 Å². The second kappa shape index (κ2) is 9.38. The molecule has 0 aromatic heterocycles. The van der Waals surface area contributed by atoms with Gasteiger partial charge in [-0.25, -0.2) is 0 Å². The number of hydrogen-bond acceptors (Lipinski definition) is 4. The second-order valence-electron chi connectivity index (χ2n) is 10.7. The van der Waals surface area contributed by atoms with Crippen LogP contribution in [0.3, 0.4) is 0 Å². The Morgan fingerprint density at radius 3 is 2.45 bits per heavy atom. The third-order valence-electron chi connectivity index (χ3n) is 8.16. The van der Waals surface area contributed by atoms with Gasteiger partial charge in [0.1, 0.15) is 11.5 Å². The number of phenolic OH excluding ortho intramolecular Hbond substituents is 2. The molecule has 2 aromatic rings. The molecule has 5 heteroatoms. The van der Waals surface area contributed by atoms with E-state index in [9.17, 15) is 15.0 Å². The summed E-state index contributed by atoms with van der Waals surface area (Å²) in [6.45, 7) is 11.8. The first kappa shape index (κ1) is 23.6. The van der Waals surface area contributed by atoms with Crippen LogP contribution < -0.4 is 0 Å². The molecule has 178 valence electrons. The van der Waals surface area contributed by atoms with Gasteiger partial charge < -0.3 is 15.1 Å². The largest absolute Gasteiger partial charge is 0.508 e. The number of nitrogens with zero attached hydrogens (tertiary/aromatic N) is 2. The number of aryl methyl sites for hydroxylation is 1. The molecule has 33 heavy (non-hydrogen) atoms. The molecule has 0 aliphatic carbocycles. The summed E-state index contributed by atoms with van der Waals surface area (Å²) in [6.07, 6.45) is 2.15. The van der Waals surface area contributed by atoms with Gasteiger partial charge in [-0.15, -0.1) is 0 Å². The minimum atomic E-state index is -0.0364. The molecule has 0 saturated carbocycles. The summed E-state index contributed by atoms with van der Waals surface area (Å²) in [7, 11) is 0. The highest BCUT2D eigenvalue weighted by Gasteiger charge is 2.47. The molecule has 0 spiro atoms. The first-order chi connectivity index (χ1) is 15.7. The molecule has 2 heterocycles. The lowest BCUT2D eigenvalue weighted by atomic mass is 9.65. The van der Waals surface area contributed by atoms with Crippen LogP contribution in [0.4, 0.5) is 0 Å². The average molecular weight is 451 g/mol. The summed E-state index contributed by atoms with van der Waals surface area (Å²) in [5.74, 6) is 1.65. The van der Waals surface area contributed by atoms with E-state index in [4.69, 9.17) is 0 Å². The number of piperazine rings is 1. The average Bonchev–Trinajstić information content (AvgIpc) is 2.78. The fraction of sp³-hybridized carbons (Fsp3) is 0.536. The summed E-state index contributed by atoms with van der Waals surface area (Å²) in [4.78, 5) is 18.1. The highest BCUT2D eigenvalue weighted by molar-refractivity contribution is 5.77. The number of phenols is 2. The van der Waals surface area contributed by atoms with Crippen molar-refractivity contribution in [3.8, 4) is 11.5 Å². The molecule has 1 amide bonds. The molecule has 2 aliphatic rings. The Labute approximate surface area is 198 Å². The number of carbonyl (C=O) groups is 1. The van der Waals surface area contributed by atoms with E-state index in [1.165, 1.54) is 5.56 Å². The van der Waals surface area contributed by atoms with Crippen molar-refractivity contribution in [2.45, 2.75) is 64.5 Å². The van der Waals surface area contributed by atoms with Gasteiger partial charge in [-0.2, -0.15) is 0 Å². The predicted molar refractivity (Wildman–Crippen MR) is 131 cm³/mol. The van der Waals surface area contributed by atoms with Gasteiger partial charge >= 0.3 is 0 Å². The number of amides is 1. The lowest BCUT2D eigenvalue weighted by Crippen LogP contribution is -2.66. The highest BCUT2D eigenvalue weighted by Crippen LogP contribution is 2.44. The summed E-state index contributed by atoms with van der Waals surface area (Å²) in [6, 6.07) is 15.4. The summed E-state index contributed by atoms with van der Waals surface area (Å²) in [5, 5.41) is 19.6. The molecule has 2 N–H and O–H groups in total. The smallest absolute Gasteiger partial charge is 0.223 e. The van der Waals surface area contributed by atoms with Gasteiger partial charge in [0.2, 0.25) is 5.91 Å². The van der Waals surface area contributed by atoms with E-state index >= 15 is 0 Å². The van der Waals surface area contributed by atoms with Gasteiger partial charge in [-0.1, -0.05) is 52.0 Å². The summed E-state index contributed by atoms with van der Waals surface area (Å²) < 4.78 is 0. The molecule has 0 bridgehead atoms. The van der Waals surface area contributed by atoms with E-state index in [1.54, 1.807) is 18.2 Å². The molecule has 4 atom stereocenters. The maximum Gasteiger partial charge on any atom is 0.223 e. The molecular formula is C28H38N2O3. The van der Waals surface area contributed by atoms with Crippen LogP contribution in [0, 0.1) is 11.8 Å². The number of rotatable bonds is 5. The SMILES string of the molecule is CC(C)C1CN2CC(C)[C@](C)(c3cccc(O)c3)CC2CN1C(=O)CCc1ccc(O)cc1. The molecule has 2 aromatic carbocycles. The topological polar surface area (TPSA) is 64.0 Å². The van der Waals surface area contributed by atoms with Gasteiger partial charge in [0.05, 0.1) is 0 Å². The van der Waals surface area contributed by atoms with E-state index in [0.29, 0.717) is 36.5 Å². The summed E-state index contributed by atoms with van der Waals surface area (Å²) >= 11 is 0. The Bertz CT molecular complexity index is 973. The van der Waals surface area contributed by atoms with Crippen LogP contribution in [0.2, 0.25) is 0 Å². The Balaban J connectivity index is 1.51. The number of hydrogen-bond donors (Lipinski definition) is 2. The molecular weight excluding hydrogens is 412 g/mol. The first-order valence-electron chi connectivity index (χ1n) is 12.3. The molecule has 4 rings (SSSR count). The summed E-state index contributed by atoms with van der Waals surface area (Å²) in [5.41, 5.74) is 2.22. The third-order valence-corrected chi connectivity index (χ3v) is 8.16. The molecule has 5 nitrogen and oxygen atoms in total. The number of carbonyl (C=O) groups excluding carboxylic acids is 1. The zero-order valence-electron chi connectivity index (χ0n) is 20.4. The normalized spacial score (nSPS) is 28.0. The van der Waals surface area contributed by atoms with Gasteiger partial charge in [0.15, 0.2) is 0 Å². The second-order valence-corrected chi connectivity index (χ2v) is 10.7. The maximum absolute atomic E-state index is 13.4. The third kappa shape index (κ3) is 4.89. The minimum Gasteiger partial charge on any atom is -0.508 e. The number of benzene rings is 2. The van der Waals surface area contributed by atoms with Crippen molar-refractivity contribution < 1.29 is 15.0 Å². The van der Waals surface area contributed by atoms with Crippen molar-refractivity contribution in [2.24, 2.45) is 11.8 Å². The molecule has 2 saturated heterocycles. The van der Waals surface area contributed by atoms with Crippen molar-refractivity contribution in [3.63, 3.8) is 0 Å². The van der Waals surface area contributed by atoms with Crippen LogP contribution in [0.25, 0.3) is 0 Å². The molecule has 3 unspecified atom stereocenters. The van der Waals surface area contributed by atoms with E-state index in [0.717, 1.165) is 31.6 Å². The minimum absolute atomic E-state index is 0.0364. The predicted octanol–water partition coefficient (Wildman–Crippen LogP) is 4.57. The first-order valence-corrected chi connectivity index (χ1v) is 12.3. The van der Waals surface area contributed by atoms with Gasteiger partial charge in [-0.05, 0) is 65.5 Å². The molecule has 0 radical (unpaired) electrons. The van der Waals surface area contributed by atoms with Gasteiger partial charge in [-0.3, -0.25) is 9.69 Å². The Morgan fingerprint density at radius 2 is 1.79 bits per heavy atom. The Morgan fingerprint density at radius 1 is 1.06 bits per heavy atom. The van der Waals surface area contributed by atoms with Crippen molar-refractivity contribution in [3.05, 3.63) is 59.7 Å². The monoisotopic (exact) mass is 450 g/mol. The van der Waals surface area contributed by atoms with E-state index in [2.05, 4.69) is 43.6 Å².